The topological polar surface area (TPSA) is 87.6 Å². The van der Waals surface area contributed by atoms with Crippen molar-refractivity contribution in [2.75, 3.05) is 28.1 Å². The monoisotopic (exact) mass is 358 g/mol. The molecule has 1 N–H and O–H groups in total. The number of nitrogens with zero attached hydrogens (tertiary/aromatic N) is 1. The molecule has 0 bridgehead atoms. The number of carbonyl (C=O) groups is 1. The van der Waals surface area contributed by atoms with Gasteiger partial charge in [0.1, 0.15) is 0 Å². The number of ether oxygens (including phenoxy) is 5. The summed E-state index contributed by atoms with van der Waals surface area (Å²) < 4.78 is 26.3. The highest BCUT2D eigenvalue weighted by Gasteiger charge is 2.16. The summed E-state index contributed by atoms with van der Waals surface area (Å²) in [6.45, 7) is 0.152. The van der Waals surface area contributed by atoms with Crippen molar-refractivity contribution in [1.29, 1.82) is 0 Å². The maximum atomic E-state index is 12.2. The van der Waals surface area contributed by atoms with E-state index in [0.29, 0.717) is 39.9 Å². The van der Waals surface area contributed by atoms with Crippen LogP contribution in [-0.2, 0) is 0 Å². The lowest BCUT2D eigenvalue weighted by Gasteiger charge is -2.12. The van der Waals surface area contributed by atoms with Crippen molar-refractivity contribution in [2.24, 2.45) is 5.10 Å². The molecule has 3 rings (SSSR count). The standard InChI is InChI=1S/C18H18N2O6/c1-22-15-6-11(7-16(23-2)17(15)24-3)9-19-20-18(21)12-4-5-13-14(8-12)26-10-25-13/h4-9H,10H2,1-3H3,(H,20,21)/b19-9+. The van der Waals surface area contributed by atoms with Gasteiger partial charge in [-0.1, -0.05) is 0 Å². The molecule has 0 fully saturated rings. The van der Waals surface area contributed by atoms with Crippen molar-refractivity contribution in [3.8, 4) is 28.7 Å². The van der Waals surface area contributed by atoms with E-state index >= 15 is 0 Å². The van der Waals surface area contributed by atoms with E-state index in [-0.39, 0.29) is 12.7 Å². The van der Waals surface area contributed by atoms with E-state index in [4.69, 9.17) is 23.7 Å². The number of methoxy groups -OCH3 is 3. The molecule has 2 aromatic carbocycles. The van der Waals surface area contributed by atoms with Crippen LogP contribution in [0.2, 0.25) is 0 Å². The van der Waals surface area contributed by atoms with Gasteiger partial charge < -0.3 is 23.7 Å². The summed E-state index contributed by atoms with van der Waals surface area (Å²) in [5.41, 5.74) is 3.55. The van der Waals surface area contributed by atoms with Gasteiger partial charge in [0.05, 0.1) is 27.5 Å². The Labute approximate surface area is 150 Å². The molecule has 1 aliphatic heterocycles. The zero-order valence-electron chi connectivity index (χ0n) is 14.6. The van der Waals surface area contributed by atoms with E-state index in [1.807, 2.05) is 0 Å². The van der Waals surface area contributed by atoms with Gasteiger partial charge in [-0.15, -0.1) is 0 Å². The van der Waals surface area contributed by atoms with E-state index in [1.54, 1.807) is 30.3 Å². The van der Waals surface area contributed by atoms with Gasteiger partial charge in [-0.3, -0.25) is 4.79 Å². The minimum absolute atomic E-state index is 0.152. The Morgan fingerprint density at radius 1 is 1.04 bits per heavy atom. The molecular weight excluding hydrogens is 340 g/mol. The van der Waals surface area contributed by atoms with Crippen LogP contribution >= 0.6 is 0 Å². The van der Waals surface area contributed by atoms with E-state index in [9.17, 15) is 4.79 Å². The lowest BCUT2D eigenvalue weighted by Crippen LogP contribution is -2.17. The molecule has 0 radical (unpaired) electrons. The molecule has 0 atom stereocenters. The highest BCUT2D eigenvalue weighted by Crippen LogP contribution is 2.37. The van der Waals surface area contributed by atoms with Crippen molar-refractivity contribution in [3.05, 3.63) is 41.5 Å². The van der Waals surface area contributed by atoms with Crippen molar-refractivity contribution in [1.82, 2.24) is 5.43 Å². The summed E-state index contributed by atoms with van der Waals surface area (Å²) in [6.07, 6.45) is 1.48. The zero-order chi connectivity index (χ0) is 18.5. The normalized spacial score (nSPS) is 12.1. The first-order valence-electron chi connectivity index (χ1n) is 7.69. The predicted octanol–water partition coefficient (Wildman–Crippen LogP) is 2.21. The van der Waals surface area contributed by atoms with E-state index in [0.717, 1.165) is 0 Å². The second-order valence-corrected chi connectivity index (χ2v) is 5.23. The fraction of sp³-hybridized carbons (Fsp3) is 0.222. The quantitative estimate of drug-likeness (QED) is 0.629. The highest BCUT2D eigenvalue weighted by atomic mass is 16.7. The van der Waals surface area contributed by atoms with Gasteiger partial charge in [0.25, 0.3) is 5.91 Å². The Morgan fingerprint density at radius 3 is 2.38 bits per heavy atom. The fourth-order valence-electron chi connectivity index (χ4n) is 2.44. The summed E-state index contributed by atoms with van der Waals surface area (Å²) in [7, 11) is 4.58. The minimum atomic E-state index is -0.369. The molecule has 0 unspecified atom stereocenters. The number of nitrogens with one attached hydrogen (secondary N) is 1. The van der Waals surface area contributed by atoms with Crippen LogP contribution in [0.1, 0.15) is 15.9 Å². The molecule has 0 aromatic heterocycles. The predicted molar refractivity (Wildman–Crippen MR) is 93.7 cm³/mol. The van der Waals surface area contributed by atoms with Crippen LogP contribution in [0.4, 0.5) is 0 Å². The Bertz CT molecular complexity index is 825. The molecule has 136 valence electrons. The van der Waals surface area contributed by atoms with Crippen LogP contribution < -0.4 is 29.1 Å². The molecule has 1 aliphatic rings. The Kier molecular flexibility index (Phi) is 5.12. The molecule has 8 heteroatoms. The molecule has 1 heterocycles. The van der Waals surface area contributed by atoms with Crippen molar-refractivity contribution < 1.29 is 28.5 Å². The van der Waals surface area contributed by atoms with Gasteiger partial charge in [-0.05, 0) is 30.3 Å². The Hall–Kier alpha value is -3.42. The number of amides is 1. The molecule has 0 aliphatic carbocycles. The Morgan fingerprint density at radius 2 is 1.73 bits per heavy atom. The molecule has 0 saturated heterocycles. The number of fused-ring (bicyclic) bond motifs is 1. The summed E-state index contributed by atoms with van der Waals surface area (Å²) in [5.74, 6) is 2.25. The van der Waals surface area contributed by atoms with Gasteiger partial charge in [-0.2, -0.15) is 5.10 Å². The number of hydrazone groups is 1. The maximum absolute atomic E-state index is 12.2. The summed E-state index contributed by atoms with van der Waals surface area (Å²) in [5, 5.41) is 3.97. The lowest BCUT2D eigenvalue weighted by molar-refractivity contribution is 0.0954. The largest absolute Gasteiger partial charge is 0.493 e. The summed E-state index contributed by atoms with van der Waals surface area (Å²) in [6, 6.07) is 8.36. The zero-order valence-corrected chi connectivity index (χ0v) is 14.6. The Balaban J connectivity index is 1.73. The van der Waals surface area contributed by atoms with Crippen LogP contribution in [-0.4, -0.2) is 40.2 Å². The third-order valence-corrected chi connectivity index (χ3v) is 3.70. The fourth-order valence-corrected chi connectivity index (χ4v) is 2.44. The second-order valence-electron chi connectivity index (χ2n) is 5.23. The van der Waals surface area contributed by atoms with Gasteiger partial charge in [-0.25, -0.2) is 5.43 Å². The number of hydrogen-bond acceptors (Lipinski definition) is 7. The number of benzene rings is 2. The lowest BCUT2D eigenvalue weighted by atomic mass is 10.2. The van der Waals surface area contributed by atoms with Crippen LogP contribution in [0.15, 0.2) is 35.4 Å². The maximum Gasteiger partial charge on any atom is 0.271 e. The first-order valence-corrected chi connectivity index (χ1v) is 7.69. The van der Waals surface area contributed by atoms with Gasteiger partial charge in [0.2, 0.25) is 12.5 Å². The first-order chi connectivity index (χ1) is 12.7. The van der Waals surface area contributed by atoms with Crippen molar-refractivity contribution in [3.63, 3.8) is 0 Å². The third-order valence-electron chi connectivity index (χ3n) is 3.70. The van der Waals surface area contributed by atoms with Crippen LogP contribution in [0, 0.1) is 0 Å². The highest BCUT2D eigenvalue weighted by molar-refractivity contribution is 5.95. The molecular formula is C18H18N2O6. The first kappa shape index (κ1) is 17.4. The molecule has 0 saturated carbocycles. The summed E-state index contributed by atoms with van der Waals surface area (Å²) in [4.78, 5) is 12.2. The van der Waals surface area contributed by atoms with E-state index < -0.39 is 0 Å². The third kappa shape index (κ3) is 3.49. The van der Waals surface area contributed by atoms with Crippen LogP contribution in [0.3, 0.4) is 0 Å². The van der Waals surface area contributed by atoms with Crippen LogP contribution in [0.25, 0.3) is 0 Å². The molecule has 2 aromatic rings. The number of rotatable bonds is 6. The van der Waals surface area contributed by atoms with E-state index in [2.05, 4.69) is 10.5 Å². The minimum Gasteiger partial charge on any atom is -0.493 e. The van der Waals surface area contributed by atoms with Crippen LogP contribution in [0.5, 0.6) is 28.7 Å². The number of hydrogen-bond donors (Lipinski definition) is 1. The average molecular weight is 358 g/mol. The van der Waals surface area contributed by atoms with Gasteiger partial charge in [0, 0.05) is 11.1 Å². The smallest absolute Gasteiger partial charge is 0.271 e. The molecule has 0 spiro atoms. The van der Waals surface area contributed by atoms with E-state index in [1.165, 1.54) is 27.5 Å². The summed E-state index contributed by atoms with van der Waals surface area (Å²) >= 11 is 0. The SMILES string of the molecule is COc1cc(/C=N/NC(=O)c2ccc3c(c2)OCO3)cc(OC)c1OC. The van der Waals surface area contributed by atoms with Crippen molar-refractivity contribution in [2.45, 2.75) is 0 Å². The van der Waals surface area contributed by atoms with Gasteiger partial charge >= 0.3 is 0 Å². The average Bonchev–Trinajstić information content (AvgIpc) is 3.14. The van der Waals surface area contributed by atoms with Gasteiger partial charge in [0.15, 0.2) is 23.0 Å². The second kappa shape index (κ2) is 7.64. The molecule has 26 heavy (non-hydrogen) atoms. The molecule has 1 amide bonds. The molecule has 8 nitrogen and oxygen atoms in total. The number of carbonyl (C=O) groups excluding carboxylic acids is 1. The van der Waals surface area contributed by atoms with Crippen molar-refractivity contribution >= 4 is 12.1 Å².